The van der Waals surface area contributed by atoms with Crippen molar-refractivity contribution in [3.63, 3.8) is 0 Å². The summed E-state index contributed by atoms with van der Waals surface area (Å²) in [5.41, 5.74) is 1.84. The van der Waals surface area contributed by atoms with E-state index >= 15 is 0 Å². The predicted molar refractivity (Wildman–Crippen MR) is 168 cm³/mol. The van der Waals surface area contributed by atoms with E-state index in [1.54, 1.807) is 72.8 Å². The molecule has 2 amide bonds. The molecule has 0 spiro atoms. The lowest BCUT2D eigenvalue weighted by Crippen LogP contribution is -2.12. The molecule has 9 heteroatoms. The zero-order valence-corrected chi connectivity index (χ0v) is 25.2. The summed E-state index contributed by atoms with van der Waals surface area (Å²) >= 11 is 0. The Kier molecular flexibility index (Phi) is 10.9. The van der Waals surface area contributed by atoms with E-state index in [1.165, 1.54) is 24.3 Å². The third kappa shape index (κ3) is 8.68. The van der Waals surface area contributed by atoms with Crippen LogP contribution in [-0.4, -0.2) is 33.4 Å². The van der Waals surface area contributed by atoms with E-state index in [4.69, 9.17) is 9.47 Å². The largest absolute Gasteiger partial charge is 0.494 e. The Balaban J connectivity index is 1.34. The van der Waals surface area contributed by atoms with Gasteiger partial charge < -0.3 is 20.1 Å². The minimum atomic E-state index is -3.82. The Morgan fingerprint density at radius 3 is 1.23 bits per heavy atom. The van der Waals surface area contributed by atoms with E-state index in [9.17, 15) is 18.0 Å². The van der Waals surface area contributed by atoms with Crippen LogP contribution in [-0.2, 0) is 9.84 Å². The maximum Gasteiger partial charge on any atom is 0.255 e. The van der Waals surface area contributed by atoms with Gasteiger partial charge in [-0.2, -0.15) is 0 Å². The molecular weight excluding hydrogens is 564 g/mol. The maximum absolute atomic E-state index is 13.2. The lowest BCUT2D eigenvalue weighted by Gasteiger charge is -2.10. The van der Waals surface area contributed by atoms with Crippen LogP contribution < -0.4 is 20.1 Å². The number of unbranched alkanes of at least 4 members (excludes halogenated alkanes) is 2. The van der Waals surface area contributed by atoms with Crippen molar-refractivity contribution in [3.8, 4) is 11.5 Å². The quantitative estimate of drug-likeness (QED) is 0.146. The Labute approximate surface area is 253 Å². The summed E-state index contributed by atoms with van der Waals surface area (Å²) in [6.07, 6.45) is 4.00. The highest BCUT2D eigenvalue weighted by atomic mass is 32.2. The molecule has 43 heavy (non-hydrogen) atoms. The number of carbonyl (C=O) groups excluding carboxylic acids is 2. The van der Waals surface area contributed by atoms with E-state index in [0.717, 1.165) is 25.7 Å². The Bertz CT molecular complexity index is 1480. The highest BCUT2D eigenvalue weighted by Crippen LogP contribution is 2.25. The summed E-state index contributed by atoms with van der Waals surface area (Å²) in [5.74, 6) is 0.774. The molecule has 4 rings (SSSR count). The summed E-state index contributed by atoms with van der Waals surface area (Å²) in [7, 11) is -3.82. The van der Waals surface area contributed by atoms with Gasteiger partial charge in [-0.15, -0.1) is 0 Å². The van der Waals surface area contributed by atoms with Gasteiger partial charge in [0.15, 0.2) is 0 Å². The van der Waals surface area contributed by atoms with Gasteiger partial charge in [-0.1, -0.05) is 26.7 Å². The van der Waals surface area contributed by atoms with E-state index in [2.05, 4.69) is 24.5 Å². The highest BCUT2D eigenvalue weighted by Gasteiger charge is 2.18. The molecule has 0 aliphatic rings. The van der Waals surface area contributed by atoms with Crippen LogP contribution in [0.5, 0.6) is 11.5 Å². The van der Waals surface area contributed by atoms with E-state index in [0.29, 0.717) is 47.2 Å². The first-order valence-corrected chi connectivity index (χ1v) is 15.8. The molecule has 8 nitrogen and oxygen atoms in total. The molecule has 0 radical (unpaired) electrons. The third-order valence-corrected chi connectivity index (χ3v) is 8.40. The average Bonchev–Trinajstić information content (AvgIpc) is 3.02. The van der Waals surface area contributed by atoms with Crippen molar-refractivity contribution in [3.05, 3.63) is 108 Å². The number of rotatable bonds is 14. The van der Waals surface area contributed by atoms with Crippen LogP contribution in [0.25, 0.3) is 0 Å². The van der Waals surface area contributed by atoms with Crippen LogP contribution >= 0.6 is 0 Å². The van der Waals surface area contributed by atoms with Gasteiger partial charge in [0, 0.05) is 22.5 Å². The molecule has 0 aliphatic heterocycles. The SMILES string of the molecule is CCCCOc1ccc(C(=O)Nc2ccc(S(=O)(=O)c3ccc(NC(=O)c4ccc(OCCCC)cc4)cc3)cc2)cc1. The van der Waals surface area contributed by atoms with Gasteiger partial charge in [-0.05, 0) is 110 Å². The Morgan fingerprint density at radius 2 is 0.907 bits per heavy atom. The number of nitrogens with one attached hydrogen (secondary N) is 2. The number of carbonyl (C=O) groups is 2. The van der Waals surface area contributed by atoms with Gasteiger partial charge >= 0.3 is 0 Å². The van der Waals surface area contributed by atoms with E-state index in [-0.39, 0.29) is 21.6 Å². The fourth-order valence-electron chi connectivity index (χ4n) is 4.05. The molecule has 0 saturated carbocycles. The molecule has 0 saturated heterocycles. The number of hydrogen-bond acceptors (Lipinski definition) is 6. The van der Waals surface area contributed by atoms with Crippen molar-refractivity contribution in [2.45, 2.75) is 49.3 Å². The second-order valence-corrected chi connectivity index (χ2v) is 11.9. The molecule has 4 aromatic rings. The molecule has 0 fully saturated rings. The Morgan fingerprint density at radius 1 is 0.558 bits per heavy atom. The number of hydrogen-bond donors (Lipinski definition) is 2. The zero-order valence-electron chi connectivity index (χ0n) is 24.3. The lowest BCUT2D eigenvalue weighted by molar-refractivity contribution is 0.101. The first kappa shape index (κ1) is 31.3. The minimum absolute atomic E-state index is 0.0807. The van der Waals surface area contributed by atoms with Crippen LogP contribution in [0.3, 0.4) is 0 Å². The molecule has 0 bridgehead atoms. The summed E-state index contributed by atoms with van der Waals surface area (Å²) in [4.78, 5) is 25.5. The summed E-state index contributed by atoms with van der Waals surface area (Å²) < 4.78 is 37.7. The standard InChI is InChI=1S/C34H36N2O6S/c1-3-5-23-41-29-15-7-25(8-16-29)33(37)35-27-11-19-31(20-12-27)43(39,40)32-21-13-28(14-22-32)36-34(38)26-9-17-30(18-10-26)42-24-6-4-2/h7-22H,3-6,23-24H2,1-2H3,(H,35,37)(H,36,38). The normalized spacial score (nSPS) is 11.0. The van der Waals surface area contributed by atoms with Crippen LogP contribution in [0, 0.1) is 0 Å². The third-order valence-electron chi connectivity index (χ3n) is 6.61. The monoisotopic (exact) mass is 600 g/mol. The van der Waals surface area contributed by atoms with Crippen LogP contribution in [0.1, 0.15) is 60.2 Å². The van der Waals surface area contributed by atoms with Crippen molar-refractivity contribution < 1.29 is 27.5 Å². The van der Waals surface area contributed by atoms with Crippen molar-refractivity contribution in [1.29, 1.82) is 0 Å². The van der Waals surface area contributed by atoms with Crippen LogP contribution in [0.2, 0.25) is 0 Å². The summed E-state index contributed by atoms with van der Waals surface area (Å²) in [6.45, 7) is 5.43. The first-order chi connectivity index (χ1) is 20.8. The topological polar surface area (TPSA) is 111 Å². The molecule has 0 aromatic heterocycles. The number of benzene rings is 4. The van der Waals surface area contributed by atoms with Gasteiger partial charge in [0.05, 0.1) is 23.0 Å². The van der Waals surface area contributed by atoms with Gasteiger partial charge in [0.25, 0.3) is 11.8 Å². The molecular formula is C34H36N2O6S. The van der Waals surface area contributed by atoms with Gasteiger partial charge in [-0.25, -0.2) is 8.42 Å². The predicted octanol–water partition coefficient (Wildman–Crippen LogP) is 7.38. The smallest absolute Gasteiger partial charge is 0.255 e. The molecule has 0 aliphatic carbocycles. The lowest BCUT2D eigenvalue weighted by atomic mass is 10.2. The number of ether oxygens (including phenoxy) is 2. The molecule has 2 N–H and O–H groups in total. The number of amides is 2. The van der Waals surface area contributed by atoms with E-state index in [1.807, 2.05) is 0 Å². The summed E-state index contributed by atoms with van der Waals surface area (Å²) in [5, 5.41) is 5.56. The summed E-state index contributed by atoms with van der Waals surface area (Å²) in [6, 6.07) is 25.7. The highest BCUT2D eigenvalue weighted by molar-refractivity contribution is 7.91. The minimum Gasteiger partial charge on any atom is -0.494 e. The van der Waals surface area contributed by atoms with Crippen molar-refractivity contribution >= 4 is 33.0 Å². The van der Waals surface area contributed by atoms with Crippen LogP contribution in [0.4, 0.5) is 11.4 Å². The van der Waals surface area contributed by atoms with Crippen molar-refractivity contribution in [2.75, 3.05) is 23.8 Å². The second-order valence-electron chi connectivity index (χ2n) is 9.91. The average molecular weight is 601 g/mol. The molecule has 0 unspecified atom stereocenters. The second kappa shape index (κ2) is 15.0. The van der Waals surface area contributed by atoms with Crippen molar-refractivity contribution in [1.82, 2.24) is 0 Å². The van der Waals surface area contributed by atoms with E-state index < -0.39 is 9.84 Å². The first-order valence-electron chi connectivity index (χ1n) is 14.3. The Hall–Kier alpha value is -4.63. The molecule has 224 valence electrons. The van der Waals surface area contributed by atoms with Crippen molar-refractivity contribution in [2.24, 2.45) is 0 Å². The maximum atomic E-state index is 13.2. The van der Waals surface area contributed by atoms with Gasteiger partial charge in [0.2, 0.25) is 9.84 Å². The fraction of sp³-hybridized carbons (Fsp3) is 0.235. The van der Waals surface area contributed by atoms with Gasteiger partial charge in [0.1, 0.15) is 11.5 Å². The number of anilines is 2. The number of sulfone groups is 1. The zero-order chi connectivity index (χ0) is 30.7. The van der Waals surface area contributed by atoms with Crippen LogP contribution in [0.15, 0.2) is 107 Å². The fourth-order valence-corrected chi connectivity index (χ4v) is 5.31. The molecule has 0 heterocycles. The van der Waals surface area contributed by atoms with Gasteiger partial charge in [-0.3, -0.25) is 9.59 Å². The molecule has 4 aromatic carbocycles. The molecule has 0 atom stereocenters.